The summed E-state index contributed by atoms with van der Waals surface area (Å²) in [6.45, 7) is 1.02. The van der Waals surface area contributed by atoms with E-state index in [4.69, 9.17) is 10.5 Å². The van der Waals surface area contributed by atoms with E-state index in [1.807, 2.05) is 12.2 Å². The molecule has 1 saturated heterocycles. The van der Waals surface area contributed by atoms with Crippen LogP contribution >= 0.6 is 15.9 Å². The fraction of sp³-hybridized carbons (Fsp3) is 0.333. The highest BCUT2D eigenvalue weighted by atomic mass is 79.9. The molecule has 2 N–H and O–H groups in total. The Balaban J connectivity index is 2.32. The largest absolute Gasteiger partial charge is 0.379 e. The zero-order valence-corrected chi connectivity index (χ0v) is 12.1. The lowest BCUT2D eigenvalue weighted by molar-refractivity contribution is 0.0416. The van der Waals surface area contributed by atoms with Gasteiger partial charge in [0.1, 0.15) is 5.25 Å². The van der Waals surface area contributed by atoms with Gasteiger partial charge < -0.3 is 10.5 Å². The summed E-state index contributed by atoms with van der Waals surface area (Å²) in [5, 5.41) is -0.417. The number of halogens is 1. The second-order valence-corrected chi connectivity index (χ2v) is 7.08. The quantitative estimate of drug-likeness (QED) is 0.909. The van der Waals surface area contributed by atoms with E-state index in [9.17, 15) is 8.42 Å². The first kappa shape index (κ1) is 13.7. The first-order valence-electron chi connectivity index (χ1n) is 5.53. The number of ether oxygens (including phenoxy) is 1. The summed E-state index contributed by atoms with van der Waals surface area (Å²) in [5.41, 5.74) is 6.28. The molecule has 98 valence electrons. The molecule has 0 aliphatic carbocycles. The molecule has 18 heavy (non-hydrogen) atoms. The molecule has 0 saturated carbocycles. The Labute approximate surface area is 115 Å². The summed E-state index contributed by atoms with van der Waals surface area (Å²) in [5.74, 6) is 0. The summed E-state index contributed by atoms with van der Waals surface area (Å²) in [7, 11) is -3.29. The van der Waals surface area contributed by atoms with Crippen molar-refractivity contribution in [2.75, 3.05) is 19.8 Å². The van der Waals surface area contributed by atoms with Crippen molar-refractivity contribution < 1.29 is 13.2 Å². The van der Waals surface area contributed by atoms with Gasteiger partial charge in [0.05, 0.1) is 18.1 Å². The fourth-order valence-corrected chi connectivity index (χ4v) is 4.20. The van der Waals surface area contributed by atoms with Crippen molar-refractivity contribution in [2.24, 2.45) is 5.73 Å². The van der Waals surface area contributed by atoms with E-state index in [1.165, 1.54) is 0 Å². The second kappa shape index (κ2) is 5.52. The van der Waals surface area contributed by atoms with Crippen molar-refractivity contribution in [3.63, 3.8) is 0 Å². The highest BCUT2D eigenvalue weighted by Gasteiger charge is 2.34. The maximum Gasteiger partial charge on any atom is 0.186 e. The van der Waals surface area contributed by atoms with Crippen LogP contribution in [0.25, 0.3) is 6.08 Å². The molecule has 1 aromatic carbocycles. The van der Waals surface area contributed by atoms with Crippen LogP contribution in [0.5, 0.6) is 0 Å². The smallest absolute Gasteiger partial charge is 0.186 e. The average Bonchev–Trinajstić information content (AvgIpc) is 2.22. The average molecular weight is 332 g/mol. The number of hydrogen-bond acceptors (Lipinski definition) is 4. The van der Waals surface area contributed by atoms with E-state index in [2.05, 4.69) is 15.9 Å². The van der Waals surface area contributed by atoms with E-state index in [0.717, 1.165) is 5.56 Å². The molecule has 1 heterocycles. The van der Waals surface area contributed by atoms with Crippen LogP contribution in [-0.2, 0) is 14.6 Å². The zero-order valence-electron chi connectivity index (χ0n) is 9.67. The van der Waals surface area contributed by atoms with E-state index >= 15 is 0 Å². The lowest BCUT2D eigenvalue weighted by Crippen LogP contribution is -2.40. The SMILES string of the molecule is NC/C=C/c1ccc(S(=O)(=O)C2COC2)c(Br)c1. The molecule has 0 amide bonds. The van der Waals surface area contributed by atoms with Gasteiger partial charge in [-0.15, -0.1) is 0 Å². The number of sulfone groups is 1. The van der Waals surface area contributed by atoms with Crippen LogP contribution in [0.3, 0.4) is 0 Å². The molecule has 0 atom stereocenters. The van der Waals surface area contributed by atoms with Gasteiger partial charge in [-0.05, 0) is 33.6 Å². The summed E-state index contributed by atoms with van der Waals surface area (Å²) in [6.07, 6.45) is 3.67. The molecule has 2 rings (SSSR count). The van der Waals surface area contributed by atoms with Crippen LogP contribution in [0.4, 0.5) is 0 Å². The molecule has 1 aliphatic heterocycles. The number of hydrogen-bond donors (Lipinski definition) is 1. The van der Waals surface area contributed by atoms with Crippen LogP contribution in [0.15, 0.2) is 33.6 Å². The van der Waals surface area contributed by atoms with Crippen LogP contribution in [0.2, 0.25) is 0 Å². The van der Waals surface area contributed by atoms with Crippen LogP contribution in [0, 0.1) is 0 Å². The molecule has 1 fully saturated rings. The van der Waals surface area contributed by atoms with E-state index < -0.39 is 15.1 Å². The third-order valence-electron chi connectivity index (χ3n) is 2.76. The van der Waals surface area contributed by atoms with E-state index in [0.29, 0.717) is 15.9 Å². The number of nitrogens with two attached hydrogens (primary N) is 1. The monoisotopic (exact) mass is 331 g/mol. The highest BCUT2D eigenvalue weighted by molar-refractivity contribution is 9.10. The van der Waals surface area contributed by atoms with Gasteiger partial charge in [0, 0.05) is 11.0 Å². The summed E-state index contributed by atoms with van der Waals surface area (Å²) in [6, 6.07) is 5.16. The molecule has 6 heteroatoms. The molecule has 4 nitrogen and oxygen atoms in total. The Morgan fingerprint density at radius 2 is 2.17 bits per heavy atom. The van der Waals surface area contributed by atoms with E-state index in [1.54, 1.807) is 18.2 Å². The number of benzene rings is 1. The van der Waals surface area contributed by atoms with Crippen molar-refractivity contribution in [1.82, 2.24) is 0 Å². The van der Waals surface area contributed by atoms with Gasteiger partial charge in [-0.2, -0.15) is 0 Å². The van der Waals surface area contributed by atoms with Crippen molar-refractivity contribution in [3.8, 4) is 0 Å². The van der Waals surface area contributed by atoms with Crippen molar-refractivity contribution in [3.05, 3.63) is 34.3 Å². The molecule has 1 aliphatic rings. The van der Waals surface area contributed by atoms with Gasteiger partial charge in [0.15, 0.2) is 9.84 Å². The Bertz CT molecular complexity index is 565. The minimum absolute atomic E-state index is 0.281. The second-order valence-electron chi connectivity index (χ2n) is 4.03. The lowest BCUT2D eigenvalue weighted by Gasteiger charge is -2.26. The van der Waals surface area contributed by atoms with Crippen LogP contribution in [-0.4, -0.2) is 33.4 Å². The molecule has 0 unspecified atom stereocenters. The third kappa shape index (κ3) is 2.66. The first-order chi connectivity index (χ1) is 8.55. The normalized spacial score (nSPS) is 17.0. The molecule has 0 aromatic heterocycles. The summed E-state index contributed by atoms with van der Waals surface area (Å²) in [4.78, 5) is 0.320. The van der Waals surface area contributed by atoms with Crippen molar-refractivity contribution in [1.29, 1.82) is 0 Å². The maximum absolute atomic E-state index is 12.2. The minimum Gasteiger partial charge on any atom is -0.379 e. The highest BCUT2D eigenvalue weighted by Crippen LogP contribution is 2.29. The van der Waals surface area contributed by atoms with Gasteiger partial charge in [0.25, 0.3) is 0 Å². The predicted octanol–water partition coefficient (Wildman–Crippen LogP) is 1.59. The van der Waals surface area contributed by atoms with Crippen molar-refractivity contribution >= 4 is 31.8 Å². The summed E-state index contributed by atoms with van der Waals surface area (Å²) >= 11 is 3.31. The van der Waals surface area contributed by atoms with E-state index in [-0.39, 0.29) is 13.2 Å². The van der Waals surface area contributed by atoms with Crippen LogP contribution in [0.1, 0.15) is 5.56 Å². The first-order valence-corrected chi connectivity index (χ1v) is 7.87. The minimum atomic E-state index is -3.29. The maximum atomic E-state index is 12.2. The Hall–Kier alpha value is -0.690. The molecule has 1 aromatic rings. The van der Waals surface area contributed by atoms with Gasteiger partial charge in [-0.3, -0.25) is 0 Å². The Morgan fingerprint density at radius 1 is 1.44 bits per heavy atom. The Morgan fingerprint density at radius 3 is 2.67 bits per heavy atom. The lowest BCUT2D eigenvalue weighted by atomic mass is 10.2. The summed E-state index contributed by atoms with van der Waals surface area (Å²) < 4.78 is 29.9. The van der Waals surface area contributed by atoms with Gasteiger partial charge in [-0.1, -0.05) is 18.2 Å². The topological polar surface area (TPSA) is 69.4 Å². The number of rotatable bonds is 4. The Kier molecular flexibility index (Phi) is 4.21. The van der Waals surface area contributed by atoms with Gasteiger partial charge >= 0.3 is 0 Å². The van der Waals surface area contributed by atoms with Crippen LogP contribution < -0.4 is 5.73 Å². The van der Waals surface area contributed by atoms with Gasteiger partial charge in [0.2, 0.25) is 0 Å². The zero-order chi connectivity index (χ0) is 13.2. The third-order valence-corrected chi connectivity index (χ3v) is 5.79. The molecule has 0 radical (unpaired) electrons. The molecule has 0 spiro atoms. The molecule has 0 bridgehead atoms. The molecular weight excluding hydrogens is 318 g/mol. The fourth-order valence-electron chi connectivity index (χ4n) is 1.63. The van der Waals surface area contributed by atoms with Crippen molar-refractivity contribution in [2.45, 2.75) is 10.1 Å². The van der Waals surface area contributed by atoms with Gasteiger partial charge in [-0.25, -0.2) is 8.42 Å². The predicted molar refractivity (Wildman–Crippen MR) is 74.0 cm³/mol. The molecular formula is C12H14BrNO3S. The standard InChI is InChI=1S/C12H14BrNO3S/c13-11-6-9(2-1-5-14)3-4-12(11)18(15,16)10-7-17-8-10/h1-4,6,10H,5,7-8,14H2/b2-1+.